The zero-order valence-electron chi connectivity index (χ0n) is 9.13. The van der Waals surface area contributed by atoms with Gasteiger partial charge in [0.15, 0.2) is 0 Å². The van der Waals surface area contributed by atoms with Gasteiger partial charge in [0.2, 0.25) is 0 Å². The minimum absolute atomic E-state index is 0.159. The molecule has 1 saturated heterocycles. The summed E-state index contributed by atoms with van der Waals surface area (Å²) in [5.74, 6) is -0.159. The molecule has 1 aliphatic heterocycles. The van der Waals surface area contributed by atoms with E-state index in [2.05, 4.69) is 10.3 Å². The number of aliphatic hydroxyl groups is 1. The largest absolute Gasteiger partial charge is 0.390 e. The lowest BCUT2D eigenvalue weighted by Crippen LogP contribution is -2.44. The second-order valence-corrected chi connectivity index (χ2v) is 3.92. The lowest BCUT2D eigenvalue weighted by atomic mass is 10.2. The molecule has 1 aromatic heterocycles. The third-order valence-corrected chi connectivity index (χ3v) is 2.85. The van der Waals surface area contributed by atoms with Crippen molar-refractivity contribution >= 4 is 5.91 Å². The van der Waals surface area contributed by atoms with Gasteiger partial charge in [-0.2, -0.15) is 0 Å². The lowest BCUT2D eigenvalue weighted by molar-refractivity contribution is 0.0576. The Morgan fingerprint density at radius 3 is 2.94 bits per heavy atom. The zero-order valence-corrected chi connectivity index (χ0v) is 9.13. The molecule has 0 unspecified atom stereocenters. The molecule has 0 spiro atoms. The number of pyridine rings is 1. The summed E-state index contributed by atoms with van der Waals surface area (Å²) < 4.78 is 0. The minimum atomic E-state index is -0.502. The maximum absolute atomic E-state index is 12.0. The first-order valence-electron chi connectivity index (χ1n) is 5.27. The normalized spacial score (nSPS) is 24.4. The molecule has 1 aromatic rings. The number of hydrogen-bond acceptors (Lipinski definition) is 4. The number of carbonyl (C=O) groups excluding carboxylic acids is 1. The van der Waals surface area contributed by atoms with Gasteiger partial charge in [-0.15, -0.1) is 0 Å². The van der Waals surface area contributed by atoms with Crippen LogP contribution in [-0.2, 0) is 0 Å². The number of nitrogens with one attached hydrogen (secondary N) is 1. The van der Waals surface area contributed by atoms with E-state index in [4.69, 9.17) is 0 Å². The minimum Gasteiger partial charge on any atom is -0.390 e. The molecular formula is C11H15N3O2. The van der Waals surface area contributed by atoms with Gasteiger partial charge in [0, 0.05) is 26.3 Å². The second-order valence-electron chi connectivity index (χ2n) is 3.92. The fourth-order valence-electron chi connectivity index (χ4n) is 1.87. The van der Waals surface area contributed by atoms with Crippen LogP contribution in [0.2, 0.25) is 0 Å². The molecule has 86 valence electrons. The Bertz CT molecular complexity index is 369. The van der Waals surface area contributed by atoms with Crippen LogP contribution in [0.5, 0.6) is 0 Å². The third-order valence-electron chi connectivity index (χ3n) is 2.85. The summed E-state index contributed by atoms with van der Waals surface area (Å²) in [5, 5.41) is 12.7. The summed E-state index contributed by atoms with van der Waals surface area (Å²) in [6.45, 7) is 1.15. The Labute approximate surface area is 94.1 Å². The molecule has 2 heterocycles. The highest BCUT2D eigenvalue weighted by Crippen LogP contribution is 2.10. The molecule has 5 heteroatoms. The third kappa shape index (κ3) is 2.05. The van der Waals surface area contributed by atoms with Gasteiger partial charge in [0.05, 0.1) is 12.1 Å². The highest BCUT2D eigenvalue weighted by Gasteiger charge is 2.31. The molecule has 5 nitrogen and oxygen atoms in total. The second kappa shape index (κ2) is 4.59. The van der Waals surface area contributed by atoms with Crippen molar-refractivity contribution in [2.45, 2.75) is 12.1 Å². The average Bonchev–Trinajstić information content (AvgIpc) is 2.75. The fraction of sp³-hybridized carbons (Fsp3) is 0.455. The van der Waals surface area contributed by atoms with E-state index < -0.39 is 6.10 Å². The molecule has 0 aliphatic carbocycles. The van der Waals surface area contributed by atoms with E-state index in [1.165, 1.54) is 0 Å². The van der Waals surface area contributed by atoms with Crippen LogP contribution in [-0.4, -0.2) is 53.2 Å². The van der Waals surface area contributed by atoms with E-state index in [0.717, 1.165) is 0 Å². The van der Waals surface area contributed by atoms with Crippen molar-refractivity contribution in [3.8, 4) is 0 Å². The summed E-state index contributed by atoms with van der Waals surface area (Å²) in [5.41, 5.74) is 0.407. The molecule has 2 N–H and O–H groups in total. The van der Waals surface area contributed by atoms with Crippen LogP contribution in [0.4, 0.5) is 0 Å². The summed E-state index contributed by atoms with van der Waals surface area (Å²) in [7, 11) is 1.69. The predicted octanol–water partition coefficient (Wildman–Crippen LogP) is -0.514. The maximum atomic E-state index is 12.0. The summed E-state index contributed by atoms with van der Waals surface area (Å²) in [6.07, 6.45) is 1.09. The first kappa shape index (κ1) is 11.0. The van der Waals surface area contributed by atoms with E-state index in [-0.39, 0.29) is 11.9 Å². The van der Waals surface area contributed by atoms with Gasteiger partial charge in [-0.3, -0.25) is 9.78 Å². The molecule has 2 atom stereocenters. The van der Waals surface area contributed by atoms with Gasteiger partial charge in [-0.25, -0.2) is 0 Å². The van der Waals surface area contributed by atoms with E-state index in [1.54, 1.807) is 36.3 Å². The predicted molar refractivity (Wildman–Crippen MR) is 59.0 cm³/mol. The van der Waals surface area contributed by atoms with Crippen molar-refractivity contribution in [1.29, 1.82) is 0 Å². The van der Waals surface area contributed by atoms with E-state index in [9.17, 15) is 9.90 Å². The number of aromatic nitrogens is 1. The smallest absolute Gasteiger partial charge is 0.272 e. The van der Waals surface area contributed by atoms with Crippen LogP contribution in [0.25, 0.3) is 0 Å². The van der Waals surface area contributed by atoms with Crippen LogP contribution in [0, 0.1) is 0 Å². The topological polar surface area (TPSA) is 65.5 Å². The summed E-state index contributed by atoms with van der Waals surface area (Å²) >= 11 is 0. The van der Waals surface area contributed by atoms with Crippen LogP contribution in [0.15, 0.2) is 24.4 Å². The monoisotopic (exact) mass is 221 g/mol. The van der Waals surface area contributed by atoms with Gasteiger partial charge in [0.25, 0.3) is 5.91 Å². The molecule has 1 amide bonds. The SMILES string of the molecule is CN(C(=O)c1ccccn1)[C@H]1CNC[C@@H]1O. The quantitative estimate of drug-likeness (QED) is 0.705. The number of nitrogens with zero attached hydrogens (tertiary/aromatic N) is 2. The number of likely N-dealkylation sites (N-methyl/N-ethyl adjacent to an activating group) is 1. The van der Waals surface area contributed by atoms with E-state index in [1.807, 2.05) is 0 Å². The van der Waals surface area contributed by atoms with Crippen molar-refractivity contribution in [2.24, 2.45) is 0 Å². The van der Waals surface area contributed by atoms with Gasteiger partial charge < -0.3 is 15.3 Å². The number of aliphatic hydroxyl groups excluding tert-OH is 1. The Kier molecular flexibility index (Phi) is 3.17. The van der Waals surface area contributed by atoms with Crippen molar-refractivity contribution in [3.05, 3.63) is 30.1 Å². The van der Waals surface area contributed by atoms with Crippen LogP contribution >= 0.6 is 0 Å². The summed E-state index contributed by atoms with van der Waals surface area (Å²) in [6, 6.07) is 5.04. The molecule has 0 bridgehead atoms. The molecule has 2 rings (SSSR count). The van der Waals surface area contributed by atoms with Gasteiger partial charge >= 0.3 is 0 Å². The molecule has 0 saturated carbocycles. The molecule has 1 fully saturated rings. The number of amides is 1. The molecule has 0 radical (unpaired) electrons. The zero-order chi connectivity index (χ0) is 11.5. The number of β-amino-alcohol motifs (C(OH)–C–C–N with tert-alkyl or cyclic N) is 1. The summed E-state index contributed by atoms with van der Waals surface area (Å²) in [4.78, 5) is 17.6. The number of hydrogen-bond donors (Lipinski definition) is 2. The van der Waals surface area contributed by atoms with Crippen LogP contribution < -0.4 is 5.32 Å². The van der Waals surface area contributed by atoms with Gasteiger partial charge in [-0.05, 0) is 12.1 Å². The highest BCUT2D eigenvalue weighted by molar-refractivity contribution is 5.92. The number of rotatable bonds is 2. The van der Waals surface area contributed by atoms with Gasteiger partial charge in [0.1, 0.15) is 5.69 Å². The van der Waals surface area contributed by atoms with E-state index in [0.29, 0.717) is 18.8 Å². The Morgan fingerprint density at radius 1 is 1.56 bits per heavy atom. The highest BCUT2D eigenvalue weighted by atomic mass is 16.3. The maximum Gasteiger partial charge on any atom is 0.272 e. The standard InChI is InChI=1S/C11H15N3O2/c1-14(9-6-12-7-10(9)15)11(16)8-4-2-3-5-13-8/h2-5,9-10,12,15H,6-7H2,1H3/t9-,10-/m0/s1. The van der Waals surface area contributed by atoms with Crippen molar-refractivity contribution in [3.63, 3.8) is 0 Å². The molecular weight excluding hydrogens is 206 g/mol. The molecule has 0 aromatic carbocycles. The van der Waals surface area contributed by atoms with Crippen molar-refractivity contribution in [2.75, 3.05) is 20.1 Å². The first-order chi connectivity index (χ1) is 7.70. The van der Waals surface area contributed by atoms with Gasteiger partial charge in [-0.1, -0.05) is 6.07 Å². The fourth-order valence-corrected chi connectivity index (χ4v) is 1.87. The van der Waals surface area contributed by atoms with E-state index >= 15 is 0 Å². The Hall–Kier alpha value is -1.46. The molecule has 1 aliphatic rings. The van der Waals surface area contributed by atoms with Crippen molar-refractivity contribution in [1.82, 2.24) is 15.2 Å². The lowest BCUT2D eigenvalue weighted by Gasteiger charge is -2.25. The Morgan fingerprint density at radius 2 is 2.38 bits per heavy atom. The van der Waals surface area contributed by atoms with Crippen LogP contribution in [0.1, 0.15) is 10.5 Å². The first-order valence-corrected chi connectivity index (χ1v) is 5.27. The van der Waals surface area contributed by atoms with Crippen LogP contribution in [0.3, 0.4) is 0 Å². The number of carbonyl (C=O) groups is 1. The van der Waals surface area contributed by atoms with Crippen molar-refractivity contribution < 1.29 is 9.90 Å². The molecule has 16 heavy (non-hydrogen) atoms. The average molecular weight is 221 g/mol. The Balaban J connectivity index is 2.10.